The Kier molecular flexibility index (Phi) is 6.14. The number of nitrogens with one attached hydrogen (secondary N) is 2. The van der Waals surface area contributed by atoms with E-state index in [4.69, 9.17) is 4.52 Å². The predicted molar refractivity (Wildman–Crippen MR) is 127 cm³/mol. The lowest BCUT2D eigenvalue weighted by Gasteiger charge is -2.11. The first-order chi connectivity index (χ1) is 16.5. The Morgan fingerprint density at radius 1 is 1.06 bits per heavy atom. The van der Waals surface area contributed by atoms with E-state index in [9.17, 15) is 23.1 Å². The molecule has 0 aliphatic rings. The van der Waals surface area contributed by atoms with Crippen molar-refractivity contribution >= 4 is 27.5 Å². The van der Waals surface area contributed by atoms with Gasteiger partial charge in [0.2, 0.25) is 5.88 Å². The van der Waals surface area contributed by atoms with Gasteiger partial charge in [-0.3, -0.25) is 9.59 Å². The van der Waals surface area contributed by atoms with Crippen LogP contribution in [-0.4, -0.2) is 34.4 Å². The van der Waals surface area contributed by atoms with Crippen molar-refractivity contribution in [3.8, 4) is 11.4 Å². The third-order valence-electron chi connectivity index (χ3n) is 5.18. The molecule has 1 amide bonds. The van der Waals surface area contributed by atoms with Crippen LogP contribution in [0.15, 0.2) is 68.8 Å². The van der Waals surface area contributed by atoms with E-state index < -0.39 is 27.2 Å². The molecule has 2 heterocycles. The Labute approximate surface area is 200 Å². The summed E-state index contributed by atoms with van der Waals surface area (Å²) in [6.45, 7) is 5.21. The lowest BCUT2D eigenvalue weighted by Crippen LogP contribution is -2.25. The van der Waals surface area contributed by atoms with E-state index >= 15 is 0 Å². The van der Waals surface area contributed by atoms with Crippen LogP contribution >= 0.6 is 0 Å². The first kappa shape index (κ1) is 23.7. The highest BCUT2D eigenvalue weighted by Crippen LogP contribution is 2.23. The predicted octanol–water partition coefficient (Wildman–Crippen LogP) is 2.90. The third-order valence-corrected chi connectivity index (χ3v) is 6.53. The Morgan fingerprint density at radius 3 is 2.40 bits per heavy atom. The molecule has 0 atom stereocenters. The van der Waals surface area contributed by atoms with Crippen LogP contribution in [0.1, 0.15) is 27.3 Å². The van der Waals surface area contributed by atoms with Crippen LogP contribution in [0, 0.1) is 20.8 Å². The maximum atomic E-state index is 12.8. The number of hydrogen-bond donors (Lipinski definition) is 3. The second kappa shape index (κ2) is 9.06. The van der Waals surface area contributed by atoms with Crippen molar-refractivity contribution in [2.45, 2.75) is 25.7 Å². The Hall–Kier alpha value is -4.45. The molecule has 2 aromatic heterocycles. The summed E-state index contributed by atoms with van der Waals surface area (Å²) in [7, 11) is -3.96. The highest BCUT2D eigenvalue weighted by Gasteiger charge is 2.20. The largest absolute Gasteiger partial charge is 0.505 e. The van der Waals surface area contributed by atoms with Crippen LogP contribution in [0.3, 0.4) is 0 Å². The molecule has 0 aliphatic carbocycles. The van der Waals surface area contributed by atoms with Gasteiger partial charge in [0.05, 0.1) is 16.3 Å². The van der Waals surface area contributed by atoms with Gasteiger partial charge in [0.1, 0.15) is 0 Å². The van der Waals surface area contributed by atoms with E-state index in [0.717, 1.165) is 16.3 Å². The number of anilines is 2. The summed E-state index contributed by atoms with van der Waals surface area (Å²) in [6, 6.07) is 13.2. The molecule has 0 saturated heterocycles. The van der Waals surface area contributed by atoms with Gasteiger partial charge in [0, 0.05) is 17.3 Å². The summed E-state index contributed by atoms with van der Waals surface area (Å²) >= 11 is 0. The van der Waals surface area contributed by atoms with Gasteiger partial charge in [-0.05, 0) is 62.7 Å². The molecule has 11 nitrogen and oxygen atoms in total. The van der Waals surface area contributed by atoms with Crippen LogP contribution in [0.25, 0.3) is 5.69 Å². The maximum absolute atomic E-state index is 12.8. The van der Waals surface area contributed by atoms with Crippen LogP contribution < -0.4 is 15.6 Å². The normalized spacial score (nSPS) is 11.3. The first-order valence-corrected chi connectivity index (χ1v) is 11.8. The molecular weight excluding hydrogens is 474 g/mol. The number of aromatic hydroxyl groups is 1. The minimum atomic E-state index is -3.96. The number of hydrogen-bond acceptors (Lipinski definition) is 8. The molecule has 3 N–H and O–H groups in total. The zero-order chi connectivity index (χ0) is 25.3. The molecule has 0 bridgehead atoms. The van der Waals surface area contributed by atoms with Crippen LogP contribution in [0.5, 0.6) is 5.75 Å². The van der Waals surface area contributed by atoms with Gasteiger partial charge in [-0.1, -0.05) is 17.3 Å². The molecular formula is C23H21N5O6S. The number of amides is 1. The molecule has 35 heavy (non-hydrogen) atoms. The van der Waals surface area contributed by atoms with Crippen LogP contribution in [0.4, 0.5) is 11.6 Å². The molecule has 4 aromatic rings. The highest BCUT2D eigenvalue weighted by atomic mass is 32.2. The van der Waals surface area contributed by atoms with E-state index in [1.807, 2.05) is 13.0 Å². The molecule has 0 fully saturated rings. The van der Waals surface area contributed by atoms with E-state index in [0.29, 0.717) is 16.9 Å². The zero-order valence-electron chi connectivity index (χ0n) is 18.9. The SMILES string of the molecule is Cc1cccc(-n2nc(C(=O)Nc3ccc(S(=O)(=O)Nc4onc(C)c4C)cc3)c(O)cc2=O)c1. The lowest BCUT2D eigenvalue weighted by atomic mass is 10.2. The minimum Gasteiger partial charge on any atom is -0.505 e. The number of carbonyl (C=O) groups is 1. The maximum Gasteiger partial charge on any atom is 0.279 e. The fourth-order valence-corrected chi connectivity index (χ4v) is 4.20. The fourth-order valence-electron chi connectivity index (χ4n) is 3.15. The first-order valence-electron chi connectivity index (χ1n) is 10.3. The minimum absolute atomic E-state index is 0.0187. The third kappa shape index (κ3) is 4.92. The van der Waals surface area contributed by atoms with Gasteiger partial charge in [0.25, 0.3) is 21.5 Å². The molecule has 12 heteroatoms. The Balaban J connectivity index is 1.55. The summed E-state index contributed by atoms with van der Waals surface area (Å²) in [5, 5.41) is 20.4. The van der Waals surface area contributed by atoms with E-state index in [-0.39, 0.29) is 22.2 Å². The molecule has 0 saturated carbocycles. The van der Waals surface area contributed by atoms with Crippen molar-refractivity contribution in [3.63, 3.8) is 0 Å². The van der Waals surface area contributed by atoms with Gasteiger partial charge in [-0.2, -0.15) is 9.78 Å². The number of rotatable bonds is 6. The van der Waals surface area contributed by atoms with Gasteiger partial charge < -0.3 is 14.9 Å². The van der Waals surface area contributed by atoms with Crippen molar-refractivity contribution < 1.29 is 22.8 Å². The molecule has 4 rings (SSSR count). The molecule has 0 unspecified atom stereocenters. The Bertz CT molecular complexity index is 1590. The van der Waals surface area contributed by atoms with Crippen molar-refractivity contribution in [1.29, 1.82) is 0 Å². The average Bonchev–Trinajstić information content (AvgIpc) is 3.11. The number of sulfonamides is 1. The fraction of sp³-hybridized carbons (Fsp3) is 0.130. The number of benzene rings is 2. The quantitative estimate of drug-likeness (QED) is 0.369. The topological polar surface area (TPSA) is 156 Å². The number of aryl methyl sites for hydroxylation is 2. The van der Waals surface area contributed by atoms with E-state index in [1.165, 1.54) is 24.3 Å². The summed E-state index contributed by atoms with van der Waals surface area (Å²) in [4.78, 5) is 25.0. The van der Waals surface area contributed by atoms with Crippen molar-refractivity contribution in [2.24, 2.45) is 0 Å². The van der Waals surface area contributed by atoms with Gasteiger partial charge in [0.15, 0.2) is 11.4 Å². The zero-order valence-corrected chi connectivity index (χ0v) is 19.8. The summed E-state index contributed by atoms with van der Waals surface area (Å²) in [5.74, 6) is -1.35. The number of aromatic nitrogens is 3. The van der Waals surface area contributed by atoms with Crippen LogP contribution in [-0.2, 0) is 10.0 Å². The monoisotopic (exact) mass is 495 g/mol. The standard InChI is InChI=1S/C23H21N5O6S/c1-13-5-4-6-17(11-13)28-20(30)12-19(29)21(25-28)22(31)24-16-7-9-18(10-8-16)35(32,33)27-23-14(2)15(3)26-34-23/h4-12,27,29H,1-3H3,(H,24,31). The van der Waals surface area contributed by atoms with Crippen LogP contribution in [0.2, 0.25) is 0 Å². The summed E-state index contributed by atoms with van der Waals surface area (Å²) in [5.41, 5.74) is 1.71. The molecule has 0 aliphatic heterocycles. The summed E-state index contributed by atoms with van der Waals surface area (Å²) < 4.78 is 33.6. The second-order valence-electron chi connectivity index (χ2n) is 7.77. The Morgan fingerprint density at radius 2 is 1.77 bits per heavy atom. The molecule has 0 spiro atoms. The highest BCUT2D eigenvalue weighted by molar-refractivity contribution is 7.92. The van der Waals surface area contributed by atoms with Gasteiger partial charge in [-0.25, -0.2) is 13.1 Å². The van der Waals surface area contributed by atoms with Crippen molar-refractivity contribution in [1.82, 2.24) is 14.9 Å². The number of carbonyl (C=O) groups excluding carboxylic acids is 1. The molecule has 0 radical (unpaired) electrons. The van der Waals surface area contributed by atoms with E-state index in [2.05, 4.69) is 20.3 Å². The molecule has 2 aromatic carbocycles. The van der Waals surface area contributed by atoms with Gasteiger partial charge in [-0.15, -0.1) is 0 Å². The number of nitrogens with zero attached hydrogens (tertiary/aromatic N) is 3. The van der Waals surface area contributed by atoms with Crippen molar-refractivity contribution in [3.05, 3.63) is 87.5 Å². The molecule has 180 valence electrons. The van der Waals surface area contributed by atoms with Gasteiger partial charge >= 0.3 is 0 Å². The lowest BCUT2D eigenvalue weighted by molar-refractivity contribution is 0.101. The smallest absolute Gasteiger partial charge is 0.279 e. The van der Waals surface area contributed by atoms with E-state index in [1.54, 1.807) is 32.0 Å². The summed E-state index contributed by atoms with van der Waals surface area (Å²) in [6.07, 6.45) is 0. The average molecular weight is 496 g/mol. The second-order valence-corrected chi connectivity index (χ2v) is 9.46. The van der Waals surface area contributed by atoms with Crippen molar-refractivity contribution in [2.75, 3.05) is 10.0 Å².